The Morgan fingerprint density at radius 3 is 2.85 bits per heavy atom. The van der Waals surface area contributed by atoms with Gasteiger partial charge in [-0.05, 0) is 12.0 Å². The van der Waals surface area contributed by atoms with E-state index in [0.717, 1.165) is 36.2 Å². The predicted molar refractivity (Wildman–Crippen MR) is 99.8 cm³/mol. The maximum absolute atomic E-state index is 12.3. The van der Waals surface area contributed by atoms with Gasteiger partial charge in [-0.1, -0.05) is 42.4 Å². The number of amides is 1. The van der Waals surface area contributed by atoms with Gasteiger partial charge in [-0.2, -0.15) is 10.1 Å². The Kier molecular flexibility index (Phi) is 4.75. The standard InChI is InChI=1S/C20H23N5O2/c1-3-7-18(26)25-11-10-16-15(13-25)19(22-24(16)2)20-21-17(23-27-20)12-14-8-5-4-6-9-14/h4-6,8-9H,3,7,10-13H2,1-2H3. The normalized spacial score (nSPS) is 13.6. The summed E-state index contributed by atoms with van der Waals surface area (Å²) in [6.45, 7) is 3.30. The second-order valence-corrected chi connectivity index (χ2v) is 6.89. The zero-order valence-electron chi connectivity index (χ0n) is 15.7. The van der Waals surface area contributed by atoms with E-state index in [-0.39, 0.29) is 5.91 Å². The van der Waals surface area contributed by atoms with E-state index in [1.807, 2.05) is 53.9 Å². The highest BCUT2D eigenvalue weighted by atomic mass is 16.5. The molecule has 0 radical (unpaired) electrons. The van der Waals surface area contributed by atoms with E-state index in [9.17, 15) is 4.79 Å². The van der Waals surface area contributed by atoms with Crippen molar-refractivity contribution in [3.63, 3.8) is 0 Å². The van der Waals surface area contributed by atoms with Crippen LogP contribution in [0.5, 0.6) is 0 Å². The van der Waals surface area contributed by atoms with E-state index >= 15 is 0 Å². The molecule has 0 N–H and O–H groups in total. The third kappa shape index (κ3) is 3.49. The summed E-state index contributed by atoms with van der Waals surface area (Å²) in [5, 5.41) is 8.72. The quantitative estimate of drug-likeness (QED) is 0.695. The molecule has 0 aliphatic carbocycles. The van der Waals surface area contributed by atoms with Crippen LogP contribution in [0.15, 0.2) is 34.9 Å². The Labute approximate surface area is 158 Å². The largest absolute Gasteiger partial charge is 0.338 e. The molecule has 0 fully saturated rings. The van der Waals surface area contributed by atoms with Crippen molar-refractivity contribution >= 4 is 5.91 Å². The molecule has 7 heteroatoms. The molecular formula is C20H23N5O2. The molecule has 4 rings (SSSR count). The van der Waals surface area contributed by atoms with Crippen LogP contribution in [0.3, 0.4) is 0 Å². The summed E-state index contributed by atoms with van der Waals surface area (Å²) in [6, 6.07) is 10.0. The van der Waals surface area contributed by atoms with Crippen LogP contribution in [-0.4, -0.2) is 37.3 Å². The maximum atomic E-state index is 12.3. The van der Waals surface area contributed by atoms with Crippen LogP contribution in [0.2, 0.25) is 0 Å². The Balaban J connectivity index is 1.60. The molecule has 1 amide bonds. The van der Waals surface area contributed by atoms with Crippen molar-refractivity contribution in [1.82, 2.24) is 24.8 Å². The van der Waals surface area contributed by atoms with E-state index in [1.165, 1.54) is 0 Å². The van der Waals surface area contributed by atoms with Gasteiger partial charge in [0, 0.05) is 50.7 Å². The molecule has 0 spiro atoms. The van der Waals surface area contributed by atoms with Gasteiger partial charge >= 0.3 is 0 Å². The van der Waals surface area contributed by atoms with Crippen molar-refractivity contribution in [2.45, 2.75) is 39.2 Å². The Morgan fingerprint density at radius 1 is 1.26 bits per heavy atom. The summed E-state index contributed by atoms with van der Waals surface area (Å²) in [4.78, 5) is 18.8. The van der Waals surface area contributed by atoms with Crippen LogP contribution in [-0.2, 0) is 31.2 Å². The van der Waals surface area contributed by atoms with Crippen LogP contribution < -0.4 is 0 Å². The van der Waals surface area contributed by atoms with Crippen LogP contribution in [0.25, 0.3) is 11.6 Å². The first kappa shape index (κ1) is 17.5. The molecule has 0 bridgehead atoms. The maximum Gasteiger partial charge on any atom is 0.278 e. The van der Waals surface area contributed by atoms with E-state index in [4.69, 9.17) is 4.52 Å². The Morgan fingerprint density at radius 2 is 2.07 bits per heavy atom. The number of fused-ring (bicyclic) bond motifs is 1. The molecule has 1 aliphatic rings. The van der Waals surface area contributed by atoms with Gasteiger partial charge in [0.05, 0.1) is 0 Å². The number of aromatic nitrogens is 4. The molecular weight excluding hydrogens is 342 g/mol. The minimum absolute atomic E-state index is 0.188. The van der Waals surface area contributed by atoms with E-state index < -0.39 is 0 Å². The molecule has 3 aromatic rings. The molecule has 0 unspecified atom stereocenters. The summed E-state index contributed by atoms with van der Waals surface area (Å²) in [5.41, 5.74) is 3.97. The van der Waals surface area contributed by atoms with Gasteiger partial charge in [0.1, 0.15) is 0 Å². The SMILES string of the molecule is CCCC(=O)N1CCc2c(c(-c3nc(Cc4ccccc4)no3)nn2C)C1. The zero-order chi connectivity index (χ0) is 18.8. The number of benzene rings is 1. The van der Waals surface area contributed by atoms with Gasteiger partial charge in [-0.25, -0.2) is 0 Å². The number of carbonyl (C=O) groups is 1. The van der Waals surface area contributed by atoms with Gasteiger partial charge in [-0.15, -0.1) is 0 Å². The van der Waals surface area contributed by atoms with Crippen molar-refractivity contribution in [2.24, 2.45) is 7.05 Å². The molecule has 140 valence electrons. The average Bonchev–Trinajstić information content (AvgIpc) is 3.27. The average molecular weight is 365 g/mol. The zero-order valence-corrected chi connectivity index (χ0v) is 15.7. The Hall–Kier alpha value is -2.96. The van der Waals surface area contributed by atoms with Gasteiger partial charge in [0.25, 0.3) is 5.89 Å². The summed E-state index contributed by atoms with van der Waals surface area (Å²) < 4.78 is 7.37. The van der Waals surface area contributed by atoms with Crippen LogP contribution in [0.4, 0.5) is 0 Å². The number of aryl methyl sites for hydroxylation is 1. The molecule has 7 nitrogen and oxygen atoms in total. The molecule has 1 aliphatic heterocycles. The Bertz CT molecular complexity index is 945. The number of nitrogens with zero attached hydrogens (tertiary/aromatic N) is 5. The summed E-state index contributed by atoms with van der Waals surface area (Å²) >= 11 is 0. The second kappa shape index (κ2) is 7.34. The lowest BCUT2D eigenvalue weighted by atomic mass is 10.0. The molecule has 0 saturated heterocycles. The van der Waals surface area contributed by atoms with Crippen molar-refractivity contribution in [2.75, 3.05) is 6.54 Å². The predicted octanol–water partition coefficient (Wildman–Crippen LogP) is 2.75. The highest BCUT2D eigenvalue weighted by molar-refractivity contribution is 5.76. The lowest BCUT2D eigenvalue weighted by Crippen LogP contribution is -2.36. The van der Waals surface area contributed by atoms with Crippen molar-refractivity contribution in [3.8, 4) is 11.6 Å². The first-order chi connectivity index (χ1) is 13.2. The number of carbonyl (C=O) groups excluding carboxylic acids is 1. The monoisotopic (exact) mass is 365 g/mol. The van der Waals surface area contributed by atoms with Gasteiger partial charge in [0.15, 0.2) is 11.5 Å². The van der Waals surface area contributed by atoms with Gasteiger partial charge in [-0.3, -0.25) is 9.48 Å². The highest BCUT2D eigenvalue weighted by Gasteiger charge is 2.29. The van der Waals surface area contributed by atoms with Crippen molar-refractivity contribution in [3.05, 3.63) is 53.0 Å². The second-order valence-electron chi connectivity index (χ2n) is 6.89. The van der Waals surface area contributed by atoms with Crippen molar-refractivity contribution in [1.29, 1.82) is 0 Å². The first-order valence-corrected chi connectivity index (χ1v) is 9.35. The van der Waals surface area contributed by atoms with Gasteiger partial charge < -0.3 is 9.42 Å². The fourth-order valence-corrected chi connectivity index (χ4v) is 3.55. The van der Waals surface area contributed by atoms with Crippen LogP contribution in [0, 0.1) is 0 Å². The summed E-state index contributed by atoms with van der Waals surface area (Å²) in [7, 11) is 1.92. The topological polar surface area (TPSA) is 77.1 Å². The fraction of sp³-hybridized carbons (Fsp3) is 0.400. The summed E-state index contributed by atoms with van der Waals surface area (Å²) in [5.74, 6) is 1.24. The number of hydrogen-bond acceptors (Lipinski definition) is 5. The third-order valence-corrected chi connectivity index (χ3v) is 4.93. The smallest absolute Gasteiger partial charge is 0.278 e. The lowest BCUT2D eigenvalue weighted by Gasteiger charge is -2.27. The van der Waals surface area contributed by atoms with Gasteiger partial charge in [0.2, 0.25) is 5.91 Å². The van der Waals surface area contributed by atoms with Crippen molar-refractivity contribution < 1.29 is 9.32 Å². The number of hydrogen-bond donors (Lipinski definition) is 0. The molecule has 3 heterocycles. The van der Waals surface area contributed by atoms with E-state index in [2.05, 4.69) is 15.2 Å². The molecule has 0 atom stereocenters. The summed E-state index contributed by atoms with van der Waals surface area (Å²) in [6.07, 6.45) is 2.83. The van der Waals surface area contributed by atoms with E-state index in [1.54, 1.807) is 0 Å². The molecule has 27 heavy (non-hydrogen) atoms. The molecule has 2 aromatic heterocycles. The van der Waals surface area contributed by atoms with E-state index in [0.29, 0.717) is 36.8 Å². The first-order valence-electron chi connectivity index (χ1n) is 9.35. The minimum atomic E-state index is 0.188. The lowest BCUT2D eigenvalue weighted by molar-refractivity contribution is -0.132. The number of rotatable bonds is 5. The third-order valence-electron chi connectivity index (χ3n) is 4.93. The van der Waals surface area contributed by atoms with Crippen LogP contribution in [0.1, 0.15) is 42.4 Å². The molecule has 0 saturated carbocycles. The minimum Gasteiger partial charge on any atom is -0.338 e. The van der Waals surface area contributed by atoms with Crippen LogP contribution >= 0.6 is 0 Å². The molecule has 1 aromatic carbocycles. The fourth-order valence-electron chi connectivity index (χ4n) is 3.55. The highest BCUT2D eigenvalue weighted by Crippen LogP contribution is 2.29.